The van der Waals surface area contributed by atoms with Gasteiger partial charge < -0.3 is 15.7 Å². The minimum Gasteiger partial charge on any atom is -0.396 e. The van der Waals surface area contributed by atoms with Gasteiger partial charge in [0.25, 0.3) is 0 Å². The highest BCUT2D eigenvalue weighted by molar-refractivity contribution is 5.74. The number of amides is 2. The molecule has 2 unspecified atom stereocenters. The number of aliphatic hydroxyl groups excluding tert-OH is 1. The Bertz CT molecular complexity index is 479. The Kier molecular flexibility index (Phi) is 6.65. The maximum absolute atomic E-state index is 12.0. The predicted molar refractivity (Wildman–Crippen MR) is 86.7 cm³/mol. The van der Waals surface area contributed by atoms with Gasteiger partial charge in [-0.25, -0.2) is 4.79 Å². The lowest BCUT2D eigenvalue weighted by Crippen LogP contribution is -2.46. The SMILES string of the molecule is Cc1cnccc1CCNC(=O)NC1CCCCCC1CO. The number of hydrogen-bond donors (Lipinski definition) is 3. The first kappa shape index (κ1) is 16.7. The molecular formula is C17H27N3O2. The van der Waals surface area contributed by atoms with Crippen molar-refractivity contribution in [1.29, 1.82) is 0 Å². The highest BCUT2D eigenvalue weighted by Gasteiger charge is 2.24. The summed E-state index contributed by atoms with van der Waals surface area (Å²) in [5.41, 5.74) is 2.35. The number of rotatable bonds is 5. The lowest BCUT2D eigenvalue weighted by Gasteiger charge is -2.24. The summed E-state index contributed by atoms with van der Waals surface area (Å²) in [6, 6.07) is 1.95. The molecule has 2 atom stereocenters. The summed E-state index contributed by atoms with van der Waals surface area (Å²) < 4.78 is 0. The van der Waals surface area contributed by atoms with Crippen LogP contribution in [0.3, 0.4) is 0 Å². The number of nitrogens with zero attached hydrogens (tertiary/aromatic N) is 1. The van der Waals surface area contributed by atoms with Crippen molar-refractivity contribution in [3.63, 3.8) is 0 Å². The minimum absolute atomic E-state index is 0.0927. The number of pyridine rings is 1. The van der Waals surface area contributed by atoms with E-state index in [9.17, 15) is 9.90 Å². The van der Waals surface area contributed by atoms with Gasteiger partial charge in [0, 0.05) is 37.5 Å². The summed E-state index contributed by atoms with van der Waals surface area (Å²) in [6.07, 6.45) is 9.84. The van der Waals surface area contributed by atoms with E-state index in [4.69, 9.17) is 0 Å². The number of urea groups is 1. The van der Waals surface area contributed by atoms with Crippen LogP contribution in [0.4, 0.5) is 4.79 Å². The molecule has 1 aromatic heterocycles. The number of carbonyl (C=O) groups is 1. The molecule has 3 N–H and O–H groups in total. The Hall–Kier alpha value is -1.62. The van der Waals surface area contributed by atoms with Gasteiger partial charge in [-0.2, -0.15) is 0 Å². The first-order valence-electron chi connectivity index (χ1n) is 8.25. The molecule has 0 aliphatic heterocycles. The van der Waals surface area contributed by atoms with Crippen molar-refractivity contribution in [2.24, 2.45) is 5.92 Å². The molecular weight excluding hydrogens is 278 g/mol. The molecule has 1 aliphatic rings. The maximum Gasteiger partial charge on any atom is 0.315 e. The van der Waals surface area contributed by atoms with Crippen LogP contribution < -0.4 is 10.6 Å². The first-order chi connectivity index (χ1) is 10.7. The molecule has 22 heavy (non-hydrogen) atoms. The topological polar surface area (TPSA) is 74.2 Å². The van der Waals surface area contributed by atoms with Crippen molar-refractivity contribution in [3.8, 4) is 0 Å². The van der Waals surface area contributed by atoms with E-state index in [0.717, 1.165) is 37.7 Å². The average molecular weight is 305 g/mol. The van der Waals surface area contributed by atoms with Crippen molar-refractivity contribution in [2.45, 2.75) is 51.5 Å². The number of nitrogens with one attached hydrogen (secondary N) is 2. The number of aliphatic hydroxyl groups is 1. The molecule has 0 radical (unpaired) electrons. The Morgan fingerprint density at radius 2 is 2.18 bits per heavy atom. The summed E-state index contributed by atoms with van der Waals surface area (Å²) >= 11 is 0. The monoisotopic (exact) mass is 305 g/mol. The van der Waals surface area contributed by atoms with Gasteiger partial charge in [0.05, 0.1) is 0 Å². The van der Waals surface area contributed by atoms with E-state index in [2.05, 4.69) is 15.6 Å². The van der Waals surface area contributed by atoms with Gasteiger partial charge in [-0.05, 0) is 43.4 Å². The Balaban J connectivity index is 1.76. The Morgan fingerprint density at radius 1 is 1.36 bits per heavy atom. The molecule has 0 aromatic carbocycles. The van der Waals surface area contributed by atoms with Gasteiger partial charge >= 0.3 is 6.03 Å². The maximum atomic E-state index is 12.0. The zero-order valence-electron chi connectivity index (χ0n) is 13.3. The predicted octanol–water partition coefficient (Wildman–Crippen LogP) is 2.17. The van der Waals surface area contributed by atoms with Crippen molar-refractivity contribution in [1.82, 2.24) is 15.6 Å². The summed E-state index contributed by atoms with van der Waals surface area (Å²) in [5.74, 6) is 0.190. The van der Waals surface area contributed by atoms with Gasteiger partial charge in [-0.3, -0.25) is 4.98 Å². The van der Waals surface area contributed by atoms with Crippen LogP contribution in [-0.2, 0) is 6.42 Å². The molecule has 5 nitrogen and oxygen atoms in total. The Morgan fingerprint density at radius 3 is 2.95 bits per heavy atom. The number of aryl methyl sites for hydroxylation is 1. The fourth-order valence-corrected chi connectivity index (χ4v) is 3.11. The van der Waals surface area contributed by atoms with Gasteiger partial charge in [0.2, 0.25) is 0 Å². The molecule has 0 saturated heterocycles. The number of aromatic nitrogens is 1. The fourth-order valence-electron chi connectivity index (χ4n) is 3.11. The van der Waals surface area contributed by atoms with Crippen LogP contribution in [-0.4, -0.2) is 35.3 Å². The van der Waals surface area contributed by atoms with Crippen molar-refractivity contribution < 1.29 is 9.90 Å². The van der Waals surface area contributed by atoms with Gasteiger partial charge in [-0.1, -0.05) is 19.3 Å². The van der Waals surface area contributed by atoms with Crippen molar-refractivity contribution in [3.05, 3.63) is 29.6 Å². The standard InChI is InChI=1S/C17H27N3O2/c1-13-11-18-9-7-14(13)8-10-19-17(22)20-16-6-4-2-3-5-15(16)12-21/h7,9,11,15-16,21H,2-6,8,10,12H2,1H3,(H2,19,20,22). The second-order valence-electron chi connectivity index (χ2n) is 6.14. The van der Waals surface area contributed by atoms with E-state index >= 15 is 0 Å². The second kappa shape index (κ2) is 8.73. The molecule has 5 heteroatoms. The van der Waals surface area contributed by atoms with Crippen LogP contribution in [0.1, 0.15) is 43.2 Å². The van der Waals surface area contributed by atoms with Crippen LogP contribution in [0.15, 0.2) is 18.5 Å². The molecule has 1 heterocycles. The number of hydrogen-bond acceptors (Lipinski definition) is 3. The molecule has 0 bridgehead atoms. The largest absolute Gasteiger partial charge is 0.396 e. The molecule has 1 fully saturated rings. The quantitative estimate of drug-likeness (QED) is 0.730. The van der Waals surface area contributed by atoms with Crippen LogP contribution in [0.25, 0.3) is 0 Å². The molecule has 2 amide bonds. The smallest absolute Gasteiger partial charge is 0.315 e. The first-order valence-corrected chi connectivity index (χ1v) is 8.25. The van der Waals surface area contributed by atoms with Crippen molar-refractivity contribution in [2.75, 3.05) is 13.2 Å². The van der Waals surface area contributed by atoms with Crippen LogP contribution >= 0.6 is 0 Å². The molecule has 2 rings (SSSR count). The zero-order valence-corrected chi connectivity index (χ0v) is 13.3. The normalized spacial score (nSPS) is 21.9. The third-order valence-electron chi connectivity index (χ3n) is 4.53. The third kappa shape index (κ3) is 4.98. The second-order valence-corrected chi connectivity index (χ2v) is 6.14. The summed E-state index contributed by atoms with van der Waals surface area (Å²) in [4.78, 5) is 16.1. The number of carbonyl (C=O) groups excluding carboxylic acids is 1. The molecule has 1 aromatic rings. The minimum atomic E-state index is -0.128. The third-order valence-corrected chi connectivity index (χ3v) is 4.53. The molecule has 122 valence electrons. The van der Waals surface area contributed by atoms with E-state index in [0.29, 0.717) is 6.54 Å². The lowest BCUT2D eigenvalue weighted by molar-refractivity contribution is 0.179. The highest BCUT2D eigenvalue weighted by atomic mass is 16.3. The van der Waals surface area contributed by atoms with Crippen LogP contribution in [0.5, 0.6) is 0 Å². The average Bonchev–Trinajstić information content (AvgIpc) is 2.74. The fraction of sp³-hybridized carbons (Fsp3) is 0.647. The molecule has 1 saturated carbocycles. The highest BCUT2D eigenvalue weighted by Crippen LogP contribution is 2.23. The van der Waals surface area contributed by atoms with Gasteiger partial charge in [0.1, 0.15) is 0 Å². The molecule has 0 spiro atoms. The van der Waals surface area contributed by atoms with Gasteiger partial charge in [-0.15, -0.1) is 0 Å². The van der Waals surface area contributed by atoms with E-state index < -0.39 is 0 Å². The van der Waals surface area contributed by atoms with Gasteiger partial charge in [0.15, 0.2) is 0 Å². The van der Waals surface area contributed by atoms with E-state index in [1.165, 1.54) is 12.0 Å². The summed E-state index contributed by atoms with van der Waals surface area (Å²) in [6.45, 7) is 2.79. The summed E-state index contributed by atoms with van der Waals surface area (Å²) in [7, 11) is 0. The zero-order chi connectivity index (χ0) is 15.8. The van der Waals surface area contributed by atoms with E-state index in [1.54, 1.807) is 6.20 Å². The lowest BCUT2D eigenvalue weighted by atomic mass is 9.96. The summed E-state index contributed by atoms with van der Waals surface area (Å²) in [5, 5.41) is 15.4. The Labute approximate surface area is 132 Å². The molecule has 1 aliphatic carbocycles. The van der Waals surface area contributed by atoms with Crippen LogP contribution in [0, 0.1) is 12.8 Å². The van der Waals surface area contributed by atoms with Crippen molar-refractivity contribution >= 4 is 6.03 Å². The van der Waals surface area contributed by atoms with E-state index in [1.807, 2.05) is 19.2 Å². The van der Waals surface area contributed by atoms with Crippen LogP contribution in [0.2, 0.25) is 0 Å². The van der Waals surface area contributed by atoms with E-state index in [-0.39, 0.29) is 24.6 Å².